The van der Waals surface area contributed by atoms with Gasteiger partial charge in [-0.15, -0.1) is 0 Å². The number of rotatable bonds is 4. The molecule has 1 aromatic rings. The zero-order valence-corrected chi connectivity index (χ0v) is 8.12. The van der Waals surface area contributed by atoms with Crippen molar-refractivity contribution >= 4 is 0 Å². The molecule has 0 bridgehead atoms. The maximum Gasteiger partial charge on any atom is 0.0636 e. The van der Waals surface area contributed by atoms with Gasteiger partial charge in [0.1, 0.15) is 0 Å². The van der Waals surface area contributed by atoms with Crippen LogP contribution in [0.3, 0.4) is 0 Å². The first kappa shape index (κ1) is 10.2. The average Bonchev–Trinajstić information content (AvgIpc) is 2.03. The minimum atomic E-state index is -0.301. The predicted molar refractivity (Wildman–Crippen MR) is 52.4 cm³/mol. The van der Waals surface area contributed by atoms with Crippen molar-refractivity contribution in [1.82, 2.24) is 10.3 Å². The van der Waals surface area contributed by atoms with Gasteiger partial charge in [-0.3, -0.25) is 4.98 Å². The minimum absolute atomic E-state index is 0.301. The SMILES string of the molecule is Cc1cccc(CNC[C@@H](C)O)n1. The van der Waals surface area contributed by atoms with Crippen molar-refractivity contribution in [3.63, 3.8) is 0 Å². The van der Waals surface area contributed by atoms with Gasteiger partial charge in [0.15, 0.2) is 0 Å². The zero-order chi connectivity index (χ0) is 9.68. The zero-order valence-electron chi connectivity index (χ0n) is 8.12. The second-order valence-corrected chi connectivity index (χ2v) is 3.25. The molecule has 0 saturated carbocycles. The maximum absolute atomic E-state index is 9.00. The molecule has 2 N–H and O–H groups in total. The fraction of sp³-hybridized carbons (Fsp3) is 0.500. The van der Waals surface area contributed by atoms with E-state index in [1.54, 1.807) is 6.92 Å². The van der Waals surface area contributed by atoms with Crippen LogP contribution in [0.1, 0.15) is 18.3 Å². The summed E-state index contributed by atoms with van der Waals surface area (Å²) in [6.07, 6.45) is -0.301. The van der Waals surface area contributed by atoms with E-state index in [4.69, 9.17) is 5.11 Å². The van der Waals surface area contributed by atoms with Crippen LogP contribution in [-0.2, 0) is 6.54 Å². The summed E-state index contributed by atoms with van der Waals surface area (Å²) >= 11 is 0. The molecule has 0 aromatic carbocycles. The first-order valence-corrected chi connectivity index (χ1v) is 4.50. The molecule has 1 heterocycles. The second-order valence-electron chi connectivity index (χ2n) is 3.25. The van der Waals surface area contributed by atoms with E-state index in [-0.39, 0.29) is 6.10 Å². The van der Waals surface area contributed by atoms with E-state index in [0.717, 1.165) is 11.4 Å². The fourth-order valence-electron chi connectivity index (χ4n) is 1.11. The van der Waals surface area contributed by atoms with E-state index >= 15 is 0 Å². The van der Waals surface area contributed by atoms with E-state index < -0.39 is 0 Å². The Morgan fingerprint density at radius 1 is 1.54 bits per heavy atom. The van der Waals surface area contributed by atoms with Crippen molar-refractivity contribution in [3.05, 3.63) is 29.6 Å². The van der Waals surface area contributed by atoms with Gasteiger partial charge >= 0.3 is 0 Å². The van der Waals surface area contributed by atoms with E-state index in [2.05, 4.69) is 10.3 Å². The maximum atomic E-state index is 9.00. The highest BCUT2D eigenvalue weighted by atomic mass is 16.3. The van der Waals surface area contributed by atoms with Crippen molar-refractivity contribution in [1.29, 1.82) is 0 Å². The molecule has 13 heavy (non-hydrogen) atoms. The Balaban J connectivity index is 2.37. The average molecular weight is 180 g/mol. The molecule has 1 aromatic heterocycles. The van der Waals surface area contributed by atoms with E-state index in [0.29, 0.717) is 13.1 Å². The lowest BCUT2D eigenvalue weighted by Crippen LogP contribution is -2.24. The number of hydrogen-bond donors (Lipinski definition) is 2. The highest BCUT2D eigenvalue weighted by Gasteiger charge is 1.96. The van der Waals surface area contributed by atoms with Crippen molar-refractivity contribution in [2.24, 2.45) is 0 Å². The Hall–Kier alpha value is -0.930. The summed E-state index contributed by atoms with van der Waals surface area (Å²) in [5.41, 5.74) is 2.04. The van der Waals surface area contributed by atoms with Crippen LogP contribution in [0.2, 0.25) is 0 Å². The van der Waals surface area contributed by atoms with Crippen molar-refractivity contribution in [2.45, 2.75) is 26.5 Å². The van der Waals surface area contributed by atoms with Crippen molar-refractivity contribution < 1.29 is 5.11 Å². The first-order chi connectivity index (χ1) is 6.18. The van der Waals surface area contributed by atoms with Crippen LogP contribution in [0.25, 0.3) is 0 Å². The summed E-state index contributed by atoms with van der Waals surface area (Å²) in [5, 5.41) is 12.1. The fourth-order valence-corrected chi connectivity index (χ4v) is 1.11. The highest BCUT2D eigenvalue weighted by molar-refractivity contribution is 5.09. The molecule has 0 aliphatic heterocycles. The Kier molecular flexibility index (Phi) is 3.86. The first-order valence-electron chi connectivity index (χ1n) is 4.50. The van der Waals surface area contributed by atoms with Crippen LogP contribution in [0.5, 0.6) is 0 Å². The Morgan fingerprint density at radius 2 is 2.31 bits per heavy atom. The van der Waals surface area contributed by atoms with Crippen LogP contribution in [0.4, 0.5) is 0 Å². The molecule has 0 fully saturated rings. The van der Waals surface area contributed by atoms with Gasteiger partial charge < -0.3 is 10.4 Å². The van der Waals surface area contributed by atoms with Gasteiger partial charge in [-0.25, -0.2) is 0 Å². The molecule has 0 unspecified atom stereocenters. The third-order valence-electron chi connectivity index (χ3n) is 1.69. The van der Waals surface area contributed by atoms with Crippen molar-refractivity contribution in [2.75, 3.05) is 6.54 Å². The molecule has 1 atom stereocenters. The molecule has 0 aliphatic carbocycles. The number of aryl methyl sites for hydroxylation is 1. The number of nitrogens with one attached hydrogen (secondary N) is 1. The van der Waals surface area contributed by atoms with Crippen LogP contribution in [0.15, 0.2) is 18.2 Å². The van der Waals surface area contributed by atoms with E-state index in [9.17, 15) is 0 Å². The largest absolute Gasteiger partial charge is 0.392 e. The molecular formula is C10H16N2O. The van der Waals surface area contributed by atoms with Gasteiger partial charge in [-0.1, -0.05) is 6.07 Å². The topological polar surface area (TPSA) is 45.1 Å². The summed E-state index contributed by atoms with van der Waals surface area (Å²) in [4.78, 5) is 4.33. The standard InChI is InChI=1S/C10H16N2O/c1-8-4-3-5-10(12-8)7-11-6-9(2)13/h3-5,9,11,13H,6-7H2,1-2H3/t9-/m1/s1. The quantitative estimate of drug-likeness (QED) is 0.722. The number of aromatic nitrogens is 1. The number of pyridine rings is 1. The summed E-state index contributed by atoms with van der Waals surface area (Å²) in [6, 6.07) is 5.93. The second kappa shape index (κ2) is 4.94. The van der Waals surface area contributed by atoms with Gasteiger partial charge in [0.25, 0.3) is 0 Å². The number of aliphatic hydroxyl groups excluding tert-OH is 1. The van der Waals surface area contributed by atoms with Crippen molar-refractivity contribution in [3.8, 4) is 0 Å². The number of aliphatic hydroxyl groups is 1. The summed E-state index contributed by atoms with van der Waals surface area (Å²) in [6.45, 7) is 5.05. The molecule has 3 heteroatoms. The third-order valence-corrected chi connectivity index (χ3v) is 1.69. The predicted octanol–water partition coefficient (Wildman–Crippen LogP) is 0.860. The number of nitrogens with zero attached hydrogens (tertiary/aromatic N) is 1. The lowest BCUT2D eigenvalue weighted by atomic mass is 10.3. The minimum Gasteiger partial charge on any atom is -0.392 e. The van der Waals surface area contributed by atoms with E-state index in [1.807, 2.05) is 25.1 Å². The lowest BCUT2D eigenvalue weighted by Gasteiger charge is -2.06. The molecular weight excluding hydrogens is 164 g/mol. The van der Waals surface area contributed by atoms with Crippen LogP contribution >= 0.6 is 0 Å². The summed E-state index contributed by atoms with van der Waals surface area (Å²) in [5.74, 6) is 0. The molecule has 0 saturated heterocycles. The van der Waals surface area contributed by atoms with Gasteiger partial charge in [0, 0.05) is 18.8 Å². The molecule has 0 aliphatic rings. The molecule has 0 amide bonds. The molecule has 0 radical (unpaired) electrons. The van der Waals surface area contributed by atoms with Crippen LogP contribution in [0, 0.1) is 6.92 Å². The molecule has 0 spiro atoms. The Labute approximate surface area is 78.8 Å². The van der Waals surface area contributed by atoms with Crippen LogP contribution < -0.4 is 5.32 Å². The molecule has 3 nitrogen and oxygen atoms in total. The van der Waals surface area contributed by atoms with Crippen LogP contribution in [-0.4, -0.2) is 22.7 Å². The highest BCUT2D eigenvalue weighted by Crippen LogP contribution is 1.97. The van der Waals surface area contributed by atoms with E-state index in [1.165, 1.54) is 0 Å². The van der Waals surface area contributed by atoms with Gasteiger partial charge in [0.2, 0.25) is 0 Å². The summed E-state index contributed by atoms with van der Waals surface area (Å²) in [7, 11) is 0. The normalized spacial score (nSPS) is 12.8. The monoisotopic (exact) mass is 180 g/mol. The molecule has 1 rings (SSSR count). The third kappa shape index (κ3) is 4.01. The van der Waals surface area contributed by atoms with Gasteiger partial charge in [-0.05, 0) is 26.0 Å². The lowest BCUT2D eigenvalue weighted by molar-refractivity contribution is 0.191. The summed E-state index contributed by atoms with van der Waals surface area (Å²) < 4.78 is 0. The van der Waals surface area contributed by atoms with Gasteiger partial charge in [0.05, 0.1) is 11.8 Å². The number of hydrogen-bond acceptors (Lipinski definition) is 3. The van der Waals surface area contributed by atoms with Gasteiger partial charge in [-0.2, -0.15) is 0 Å². The molecule has 72 valence electrons. The Morgan fingerprint density at radius 3 is 2.92 bits per heavy atom. The Bertz CT molecular complexity index is 261. The smallest absolute Gasteiger partial charge is 0.0636 e.